The van der Waals surface area contributed by atoms with Gasteiger partial charge >= 0.3 is 5.97 Å². The van der Waals surface area contributed by atoms with Gasteiger partial charge in [-0.1, -0.05) is 6.07 Å². The number of hydrogen-bond acceptors (Lipinski definition) is 2. The summed E-state index contributed by atoms with van der Waals surface area (Å²) >= 11 is 0. The average Bonchev–Trinajstić information content (AvgIpc) is 2.58. The smallest absolute Gasteiger partial charge is 0.355 e. The fraction of sp³-hybridized carbons (Fsp3) is 0.250. The molecule has 2 aromatic rings. The van der Waals surface area contributed by atoms with Crippen molar-refractivity contribution in [2.75, 3.05) is 6.61 Å². The molecular formula is C12H13NO2. The highest BCUT2D eigenvalue weighted by molar-refractivity contribution is 5.90. The average molecular weight is 203 g/mol. The highest BCUT2D eigenvalue weighted by Crippen LogP contribution is 2.16. The number of aromatic nitrogens is 1. The number of carbonyl (C=O) groups excluding carboxylic acids is 1. The number of carbonyl (C=O) groups is 1. The molecule has 0 N–H and O–H groups in total. The normalized spacial score (nSPS) is 10.5. The van der Waals surface area contributed by atoms with Gasteiger partial charge in [-0.3, -0.25) is 0 Å². The van der Waals surface area contributed by atoms with Crippen LogP contribution >= 0.6 is 0 Å². The molecular weight excluding hydrogens is 190 g/mol. The van der Waals surface area contributed by atoms with E-state index < -0.39 is 0 Å². The minimum Gasteiger partial charge on any atom is -0.461 e. The van der Waals surface area contributed by atoms with E-state index in [-0.39, 0.29) is 5.97 Å². The molecule has 0 aliphatic rings. The van der Waals surface area contributed by atoms with Gasteiger partial charge < -0.3 is 9.14 Å². The summed E-state index contributed by atoms with van der Waals surface area (Å²) in [4.78, 5) is 11.6. The highest BCUT2D eigenvalue weighted by atomic mass is 16.5. The summed E-state index contributed by atoms with van der Waals surface area (Å²) in [6, 6.07) is 7.69. The molecule has 0 radical (unpaired) electrons. The van der Waals surface area contributed by atoms with E-state index in [4.69, 9.17) is 4.74 Å². The van der Waals surface area contributed by atoms with Crippen LogP contribution in [0.5, 0.6) is 0 Å². The molecule has 3 heteroatoms. The van der Waals surface area contributed by atoms with Crippen LogP contribution in [-0.4, -0.2) is 17.0 Å². The Balaban J connectivity index is 2.57. The molecule has 3 nitrogen and oxygen atoms in total. The monoisotopic (exact) mass is 203 g/mol. The molecule has 0 aromatic carbocycles. The topological polar surface area (TPSA) is 30.7 Å². The first-order chi connectivity index (χ1) is 7.24. The van der Waals surface area contributed by atoms with E-state index in [2.05, 4.69) is 0 Å². The third-order valence-electron chi connectivity index (χ3n) is 2.36. The van der Waals surface area contributed by atoms with Crippen molar-refractivity contribution in [2.24, 2.45) is 0 Å². The quantitative estimate of drug-likeness (QED) is 0.702. The second-order valence-electron chi connectivity index (χ2n) is 3.39. The lowest BCUT2D eigenvalue weighted by atomic mass is 10.3. The van der Waals surface area contributed by atoms with E-state index in [0.717, 1.165) is 11.1 Å². The van der Waals surface area contributed by atoms with Gasteiger partial charge in [0.1, 0.15) is 5.69 Å². The summed E-state index contributed by atoms with van der Waals surface area (Å²) < 4.78 is 6.84. The summed E-state index contributed by atoms with van der Waals surface area (Å²) in [6.45, 7) is 4.19. The Bertz CT molecular complexity index is 499. The SMILES string of the molecule is CCOC(=O)c1cc(C)c2ccccn12. The number of fused-ring (bicyclic) bond motifs is 1. The van der Waals surface area contributed by atoms with Crippen molar-refractivity contribution in [1.82, 2.24) is 4.40 Å². The second-order valence-corrected chi connectivity index (χ2v) is 3.39. The molecule has 0 fully saturated rings. The number of aryl methyl sites for hydroxylation is 1. The first-order valence-electron chi connectivity index (χ1n) is 4.98. The van der Waals surface area contributed by atoms with E-state index in [9.17, 15) is 4.79 Å². The van der Waals surface area contributed by atoms with Gasteiger partial charge in [0.05, 0.1) is 6.61 Å². The van der Waals surface area contributed by atoms with Gasteiger partial charge in [0, 0.05) is 11.7 Å². The molecule has 0 aliphatic carbocycles. The van der Waals surface area contributed by atoms with Gasteiger partial charge in [-0.25, -0.2) is 4.79 Å². The van der Waals surface area contributed by atoms with Gasteiger partial charge in [0.25, 0.3) is 0 Å². The third-order valence-corrected chi connectivity index (χ3v) is 2.36. The van der Waals surface area contributed by atoms with Gasteiger partial charge in [-0.15, -0.1) is 0 Å². The van der Waals surface area contributed by atoms with Crippen molar-refractivity contribution < 1.29 is 9.53 Å². The van der Waals surface area contributed by atoms with Crippen molar-refractivity contribution in [3.8, 4) is 0 Å². The van der Waals surface area contributed by atoms with Crippen LogP contribution in [-0.2, 0) is 4.74 Å². The largest absolute Gasteiger partial charge is 0.461 e. The fourth-order valence-electron chi connectivity index (χ4n) is 1.69. The summed E-state index contributed by atoms with van der Waals surface area (Å²) in [5.41, 5.74) is 2.71. The number of ether oxygens (including phenoxy) is 1. The lowest BCUT2D eigenvalue weighted by Crippen LogP contribution is -2.07. The van der Waals surface area contributed by atoms with Crippen LogP contribution < -0.4 is 0 Å². The van der Waals surface area contributed by atoms with Crippen LogP contribution in [0.3, 0.4) is 0 Å². The maximum atomic E-state index is 11.6. The van der Waals surface area contributed by atoms with Crippen molar-refractivity contribution in [2.45, 2.75) is 13.8 Å². The number of esters is 1. The Morgan fingerprint density at radius 2 is 2.27 bits per heavy atom. The Kier molecular flexibility index (Phi) is 2.46. The Morgan fingerprint density at radius 3 is 3.00 bits per heavy atom. The van der Waals surface area contributed by atoms with Crippen LogP contribution in [0.25, 0.3) is 5.52 Å². The van der Waals surface area contributed by atoms with Gasteiger partial charge in [-0.2, -0.15) is 0 Å². The zero-order valence-corrected chi connectivity index (χ0v) is 8.86. The maximum absolute atomic E-state index is 11.6. The van der Waals surface area contributed by atoms with Crippen molar-refractivity contribution in [3.05, 3.63) is 41.7 Å². The van der Waals surface area contributed by atoms with E-state index >= 15 is 0 Å². The predicted octanol–water partition coefficient (Wildman–Crippen LogP) is 2.42. The molecule has 0 spiro atoms. The predicted molar refractivity (Wildman–Crippen MR) is 58.1 cm³/mol. The zero-order valence-electron chi connectivity index (χ0n) is 8.86. The second kappa shape index (κ2) is 3.77. The number of nitrogens with zero attached hydrogens (tertiary/aromatic N) is 1. The van der Waals surface area contributed by atoms with Gasteiger partial charge in [0.2, 0.25) is 0 Å². The van der Waals surface area contributed by atoms with Crippen LogP contribution in [0.1, 0.15) is 23.0 Å². The first kappa shape index (κ1) is 9.77. The lowest BCUT2D eigenvalue weighted by molar-refractivity contribution is 0.0518. The summed E-state index contributed by atoms with van der Waals surface area (Å²) in [5.74, 6) is -0.271. The summed E-state index contributed by atoms with van der Waals surface area (Å²) in [5, 5.41) is 0. The maximum Gasteiger partial charge on any atom is 0.355 e. The first-order valence-corrected chi connectivity index (χ1v) is 4.98. The minimum atomic E-state index is -0.271. The molecule has 2 aromatic heterocycles. The van der Waals surface area contributed by atoms with E-state index in [1.807, 2.05) is 41.8 Å². The molecule has 2 rings (SSSR count). The standard InChI is InChI=1S/C12H13NO2/c1-3-15-12(14)11-8-9(2)10-6-4-5-7-13(10)11/h4-8H,3H2,1-2H3. The van der Waals surface area contributed by atoms with Crippen LogP contribution in [0, 0.1) is 6.92 Å². The molecule has 0 aliphatic heterocycles. The van der Waals surface area contributed by atoms with Crippen molar-refractivity contribution in [1.29, 1.82) is 0 Å². The van der Waals surface area contributed by atoms with Crippen LogP contribution in [0.15, 0.2) is 30.5 Å². The molecule has 15 heavy (non-hydrogen) atoms. The van der Waals surface area contributed by atoms with Crippen molar-refractivity contribution >= 4 is 11.5 Å². The molecule has 78 valence electrons. The summed E-state index contributed by atoms with van der Waals surface area (Å²) in [7, 11) is 0. The molecule has 0 saturated heterocycles. The number of rotatable bonds is 2. The fourth-order valence-corrected chi connectivity index (χ4v) is 1.69. The Labute approximate surface area is 88.3 Å². The van der Waals surface area contributed by atoms with Crippen LogP contribution in [0.4, 0.5) is 0 Å². The highest BCUT2D eigenvalue weighted by Gasteiger charge is 2.13. The molecule has 2 heterocycles. The van der Waals surface area contributed by atoms with Gasteiger partial charge in [-0.05, 0) is 37.6 Å². The number of pyridine rings is 1. The lowest BCUT2D eigenvalue weighted by Gasteiger charge is -2.01. The molecule has 0 saturated carbocycles. The molecule has 0 amide bonds. The van der Waals surface area contributed by atoms with E-state index in [0.29, 0.717) is 12.3 Å². The Hall–Kier alpha value is -1.77. The Morgan fingerprint density at radius 1 is 1.47 bits per heavy atom. The van der Waals surface area contributed by atoms with Crippen molar-refractivity contribution in [3.63, 3.8) is 0 Å². The molecule has 0 bridgehead atoms. The zero-order chi connectivity index (χ0) is 10.8. The van der Waals surface area contributed by atoms with Crippen LogP contribution in [0.2, 0.25) is 0 Å². The van der Waals surface area contributed by atoms with E-state index in [1.165, 1.54) is 0 Å². The molecule has 0 atom stereocenters. The van der Waals surface area contributed by atoms with Gasteiger partial charge in [0.15, 0.2) is 0 Å². The number of hydrogen-bond donors (Lipinski definition) is 0. The third kappa shape index (κ3) is 1.61. The minimum absolute atomic E-state index is 0.271. The van der Waals surface area contributed by atoms with E-state index in [1.54, 1.807) is 6.92 Å². The summed E-state index contributed by atoms with van der Waals surface area (Å²) in [6.07, 6.45) is 1.87. The molecule has 0 unspecified atom stereocenters.